The highest BCUT2D eigenvalue weighted by Gasteiger charge is 2.32. The average molecular weight is 387 g/mol. The van der Waals surface area contributed by atoms with Gasteiger partial charge in [0.25, 0.3) is 0 Å². The van der Waals surface area contributed by atoms with E-state index in [1.165, 1.54) is 0 Å². The molecule has 1 amide bonds. The maximum Gasteiger partial charge on any atom is 0.244 e. The number of carbonyl (C=O) groups excluding carboxylic acids is 1. The van der Waals surface area contributed by atoms with Crippen LogP contribution in [0.4, 0.5) is 5.69 Å². The number of carbonyl (C=O) groups is 1. The predicted octanol–water partition coefficient (Wildman–Crippen LogP) is 4.50. The summed E-state index contributed by atoms with van der Waals surface area (Å²) in [6, 6.07) is 21.5. The molecular weight excluding hydrogens is 362 g/mol. The standard InChI is InChI=1S/C24H25N3O2/c1-26(22-13-8-16-27(24(22)28)20-10-3-2-4-11-20)18-19-9-5-6-14-23(19)29-21-12-7-15-25-17-21/h2-7,9-12,14-15,17,22H,8,13,16,18H2,1H3. The molecule has 1 unspecified atom stereocenters. The van der Waals surface area contributed by atoms with Gasteiger partial charge in [0.15, 0.2) is 0 Å². The van der Waals surface area contributed by atoms with Gasteiger partial charge in [-0.05, 0) is 50.2 Å². The third kappa shape index (κ3) is 4.46. The molecule has 2 heterocycles. The van der Waals surface area contributed by atoms with Crippen LogP contribution in [0.2, 0.25) is 0 Å². The van der Waals surface area contributed by atoms with Gasteiger partial charge in [-0.3, -0.25) is 14.7 Å². The third-order valence-electron chi connectivity index (χ3n) is 5.26. The van der Waals surface area contributed by atoms with Crippen molar-refractivity contribution >= 4 is 11.6 Å². The molecule has 0 aliphatic carbocycles. The van der Waals surface area contributed by atoms with Crippen LogP contribution in [0, 0.1) is 0 Å². The summed E-state index contributed by atoms with van der Waals surface area (Å²) in [5, 5.41) is 0. The molecule has 1 aliphatic rings. The lowest BCUT2D eigenvalue weighted by Gasteiger charge is -2.37. The molecule has 5 nitrogen and oxygen atoms in total. The van der Waals surface area contributed by atoms with Crippen LogP contribution in [0.25, 0.3) is 0 Å². The minimum absolute atomic E-state index is 0.143. The Morgan fingerprint density at radius 1 is 1.07 bits per heavy atom. The molecule has 0 radical (unpaired) electrons. The molecule has 5 heteroatoms. The van der Waals surface area contributed by atoms with E-state index in [0.717, 1.165) is 36.4 Å². The number of amides is 1. The minimum atomic E-state index is -0.143. The van der Waals surface area contributed by atoms with Gasteiger partial charge in [-0.1, -0.05) is 36.4 Å². The monoisotopic (exact) mass is 387 g/mol. The van der Waals surface area contributed by atoms with Gasteiger partial charge < -0.3 is 9.64 Å². The van der Waals surface area contributed by atoms with Crippen molar-refractivity contribution in [3.63, 3.8) is 0 Å². The van der Waals surface area contributed by atoms with Gasteiger partial charge in [0.05, 0.1) is 12.2 Å². The van der Waals surface area contributed by atoms with E-state index in [2.05, 4.69) is 9.88 Å². The first kappa shape index (κ1) is 19.2. The highest BCUT2D eigenvalue weighted by Crippen LogP contribution is 2.28. The summed E-state index contributed by atoms with van der Waals surface area (Å²) in [6.07, 6.45) is 5.27. The molecule has 2 aromatic carbocycles. The Balaban J connectivity index is 1.49. The molecule has 0 bridgehead atoms. The highest BCUT2D eigenvalue weighted by atomic mass is 16.5. The van der Waals surface area contributed by atoms with Crippen LogP contribution in [0.5, 0.6) is 11.5 Å². The minimum Gasteiger partial charge on any atom is -0.455 e. The van der Waals surface area contributed by atoms with Gasteiger partial charge in [-0.2, -0.15) is 0 Å². The summed E-state index contributed by atoms with van der Waals surface area (Å²) in [5.74, 6) is 1.65. The Kier molecular flexibility index (Phi) is 5.86. The third-order valence-corrected chi connectivity index (χ3v) is 5.26. The Morgan fingerprint density at radius 3 is 2.66 bits per heavy atom. The number of likely N-dealkylation sites (N-methyl/N-ethyl adjacent to an activating group) is 1. The Hall–Kier alpha value is -3.18. The lowest BCUT2D eigenvalue weighted by molar-refractivity contribution is -0.125. The fourth-order valence-corrected chi connectivity index (χ4v) is 3.78. The second kappa shape index (κ2) is 8.88. The number of para-hydroxylation sites is 2. The highest BCUT2D eigenvalue weighted by molar-refractivity contribution is 5.97. The number of ether oxygens (including phenoxy) is 1. The molecule has 0 N–H and O–H groups in total. The number of benzene rings is 2. The molecule has 29 heavy (non-hydrogen) atoms. The number of piperidine rings is 1. The molecule has 148 valence electrons. The lowest BCUT2D eigenvalue weighted by atomic mass is 10.0. The van der Waals surface area contributed by atoms with Gasteiger partial charge in [0.1, 0.15) is 11.5 Å². The largest absolute Gasteiger partial charge is 0.455 e. The van der Waals surface area contributed by atoms with Crippen molar-refractivity contribution in [2.45, 2.75) is 25.4 Å². The molecule has 1 fully saturated rings. The first-order valence-corrected chi connectivity index (χ1v) is 9.95. The van der Waals surface area contributed by atoms with Crippen LogP contribution in [-0.2, 0) is 11.3 Å². The number of aromatic nitrogens is 1. The summed E-state index contributed by atoms with van der Waals surface area (Å²) in [6.45, 7) is 1.41. The van der Waals surface area contributed by atoms with E-state index in [1.807, 2.05) is 78.7 Å². The average Bonchev–Trinajstić information content (AvgIpc) is 2.76. The fourth-order valence-electron chi connectivity index (χ4n) is 3.78. The van der Waals surface area contributed by atoms with Gasteiger partial charge >= 0.3 is 0 Å². The molecule has 3 aromatic rings. The number of nitrogens with zero attached hydrogens (tertiary/aromatic N) is 3. The smallest absolute Gasteiger partial charge is 0.244 e. The van der Waals surface area contributed by atoms with Gasteiger partial charge in [-0.25, -0.2) is 0 Å². The maximum atomic E-state index is 13.2. The van der Waals surface area contributed by atoms with Crippen molar-refractivity contribution in [3.8, 4) is 11.5 Å². The van der Waals surface area contributed by atoms with Crippen LogP contribution in [0.1, 0.15) is 18.4 Å². The van der Waals surface area contributed by atoms with E-state index in [4.69, 9.17) is 4.74 Å². The van der Waals surface area contributed by atoms with Gasteiger partial charge in [0.2, 0.25) is 5.91 Å². The fraction of sp³-hybridized carbons (Fsp3) is 0.250. The van der Waals surface area contributed by atoms with Crippen molar-refractivity contribution in [2.24, 2.45) is 0 Å². The molecule has 1 aliphatic heterocycles. The SMILES string of the molecule is CN(Cc1ccccc1Oc1cccnc1)C1CCCN(c2ccccc2)C1=O. The van der Waals surface area contributed by atoms with Crippen LogP contribution < -0.4 is 9.64 Å². The second-order valence-electron chi connectivity index (χ2n) is 7.30. The summed E-state index contributed by atoms with van der Waals surface area (Å²) in [5.41, 5.74) is 2.01. The second-order valence-corrected chi connectivity index (χ2v) is 7.30. The number of pyridine rings is 1. The van der Waals surface area contributed by atoms with E-state index in [1.54, 1.807) is 12.4 Å². The van der Waals surface area contributed by atoms with Gasteiger partial charge in [-0.15, -0.1) is 0 Å². The zero-order chi connectivity index (χ0) is 20.1. The summed E-state index contributed by atoms with van der Waals surface area (Å²) in [4.78, 5) is 21.3. The van der Waals surface area contributed by atoms with Gasteiger partial charge in [0, 0.05) is 30.5 Å². The van der Waals surface area contributed by atoms with E-state index < -0.39 is 0 Å². The van der Waals surface area contributed by atoms with Crippen molar-refractivity contribution in [3.05, 3.63) is 84.7 Å². The van der Waals surface area contributed by atoms with Crippen molar-refractivity contribution in [1.82, 2.24) is 9.88 Å². The van der Waals surface area contributed by atoms with Crippen LogP contribution in [0.15, 0.2) is 79.1 Å². The topological polar surface area (TPSA) is 45.7 Å². The normalized spacial score (nSPS) is 16.8. The Labute approximate surface area is 171 Å². The van der Waals surface area contributed by atoms with Crippen LogP contribution >= 0.6 is 0 Å². The molecule has 1 atom stereocenters. The van der Waals surface area contributed by atoms with Crippen molar-refractivity contribution in [1.29, 1.82) is 0 Å². The quantitative estimate of drug-likeness (QED) is 0.625. The van der Waals surface area contributed by atoms with Crippen LogP contribution in [-0.4, -0.2) is 35.4 Å². The van der Waals surface area contributed by atoms with Crippen molar-refractivity contribution < 1.29 is 9.53 Å². The molecular formula is C24H25N3O2. The number of hydrogen-bond donors (Lipinski definition) is 0. The lowest BCUT2D eigenvalue weighted by Crippen LogP contribution is -2.51. The van der Waals surface area contributed by atoms with E-state index in [9.17, 15) is 4.79 Å². The molecule has 1 saturated heterocycles. The number of anilines is 1. The number of rotatable bonds is 6. The molecule has 4 rings (SSSR count). The molecule has 0 saturated carbocycles. The zero-order valence-electron chi connectivity index (χ0n) is 16.6. The molecule has 0 spiro atoms. The van der Waals surface area contributed by atoms with E-state index in [-0.39, 0.29) is 11.9 Å². The zero-order valence-corrected chi connectivity index (χ0v) is 16.6. The van der Waals surface area contributed by atoms with Crippen molar-refractivity contribution in [2.75, 3.05) is 18.5 Å². The van der Waals surface area contributed by atoms with E-state index >= 15 is 0 Å². The Morgan fingerprint density at radius 2 is 1.86 bits per heavy atom. The van der Waals surface area contributed by atoms with Crippen LogP contribution in [0.3, 0.4) is 0 Å². The first-order valence-electron chi connectivity index (χ1n) is 9.95. The van der Waals surface area contributed by atoms with E-state index in [0.29, 0.717) is 12.3 Å². The molecule has 1 aromatic heterocycles. The summed E-state index contributed by atoms with van der Waals surface area (Å²) < 4.78 is 6.03. The predicted molar refractivity (Wildman–Crippen MR) is 114 cm³/mol. The summed E-state index contributed by atoms with van der Waals surface area (Å²) >= 11 is 0. The summed E-state index contributed by atoms with van der Waals surface area (Å²) in [7, 11) is 2.01. The number of hydrogen-bond acceptors (Lipinski definition) is 4. The Bertz CT molecular complexity index is 947. The first-order chi connectivity index (χ1) is 14.2. The maximum absolute atomic E-state index is 13.2.